The van der Waals surface area contributed by atoms with Gasteiger partial charge in [-0.2, -0.15) is 0 Å². The molecule has 2 atom stereocenters. The zero-order valence-electron chi connectivity index (χ0n) is 19.6. The van der Waals surface area contributed by atoms with Crippen molar-refractivity contribution >= 4 is 28.9 Å². The second-order valence-corrected chi connectivity index (χ2v) is 9.07. The topological polar surface area (TPSA) is 51.2 Å². The van der Waals surface area contributed by atoms with Gasteiger partial charge in [0, 0.05) is 17.7 Å². The smallest absolute Gasteiger partial charge is 0.264 e. The molecule has 2 bridgehead atoms. The number of aryl methyl sites for hydroxylation is 1. The van der Waals surface area contributed by atoms with E-state index < -0.39 is 5.72 Å². The van der Waals surface area contributed by atoms with Crippen LogP contribution in [0.2, 0.25) is 0 Å². The summed E-state index contributed by atoms with van der Waals surface area (Å²) in [5.41, 5.74) is 2.46. The van der Waals surface area contributed by atoms with Crippen LogP contribution in [0.15, 0.2) is 66.7 Å². The Balaban J connectivity index is 1.72. The Morgan fingerprint density at radius 1 is 1.03 bits per heavy atom. The molecule has 1 amide bonds. The highest BCUT2D eigenvalue weighted by atomic mass is 32.1. The molecule has 34 heavy (non-hydrogen) atoms. The number of nitrogens with zero attached hydrogens (tertiary/aromatic N) is 2. The van der Waals surface area contributed by atoms with E-state index in [0.717, 1.165) is 16.8 Å². The molecule has 0 aliphatic carbocycles. The van der Waals surface area contributed by atoms with Crippen molar-refractivity contribution < 1.29 is 19.0 Å². The second kappa shape index (κ2) is 8.33. The van der Waals surface area contributed by atoms with Crippen LogP contribution in [0, 0.1) is 6.92 Å². The normalized spacial score (nSPS) is 20.9. The Labute approximate surface area is 204 Å². The van der Waals surface area contributed by atoms with E-state index in [1.165, 1.54) is 0 Å². The molecule has 3 aromatic rings. The number of para-hydroxylation sites is 2. The number of rotatable bonds is 4. The van der Waals surface area contributed by atoms with E-state index in [1.54, 1.807) is 31.3 Å². The third-order valence-electron chi connectivity index (χ3n) is 6.48. The number of ether oxygens (including phenoxy) is 3. The van der Waals surface area contributed by atoms with Crippen molar-refractivity contribution in [2.75, 3.05) is 19.1 Å². The summed E-state index contributed by atoms with van der Waals surface area (Å²) in [4.78, 5) is 17.7. The van der Waals surface area contributed by atoms with E-state index in [9.17, 15) is 4.79 Å². The fourth-order valence-corrected chi connectivity index (χ4v) is 5.44. The van der Waals surface area contributed by atoms with Crippen LogP contribution in [0.5, 0.6) is 17.2 Å². The number of hydrogen-bond donors (Lipinski definition) is 0. The van der Waals surface area contributed by atoms with E-state index in [2.05, 4.69) is 0 Å². The largest absolute Gasteiger partial charge is 0.496 e. The Kier molecular flexibility index (Phi) is 5.44. The monoisotopic (exact) mass is 474 g/mol. The van der Waals surface area contributed by atoms with Gasteiger partial charge in [0.15, 0.2) is 22.3 Å². The van der Waals surface area contributed by atoms with Crippen LogP contribution < -0.4 is 19.1 Å². The second-order valence-electron chi connectivity index (χ2n) is 8.71. The van der Waals surface area contributed by atoms with Gasteiger partial charge in [-0.1, -0.05) is 36.4 Å². The van der Waals surface area contributed by atoms with E-state index in [-0.39, 0.29) is 11.9 Å². The highest BCUT2D eigenvalue weighted by Gasteiger charge is 2.54. The first-order chi connectivity index (χ1) is 16.4. The summed E-state index contributed by atoms with van der Waals surface area (Å²) in [5.74, 6) is 1.53. The first kappa shape index (κ1) is 22.2. The molecule has 2 heterocycles. The van der Waals surface area contributed by atoms with Gasteiger partial charge in [-0.05, 0) is 62.0 Å². The molecule has 2 aliphatic rings. The number of benzene rings is 3. The number of amides is 1. The van der Waals surface area contributed by atoms with Gasteiger partial charge in [0.1, 0.15) is 5.75 Å². The van der Waals surface area contributed by atoms with E-state index in [1.807, 2.05) is 73.3 Å². The van der Waals surface area contributed by atoms with Crippen molar-refractivity contribution in [3.05, 3.63) is 83.4 Å². The van der Waals surface area contributed by atoms with Crippen LogP contribution in [-0.4, -0.2) is 35.9 Å². The molecular weight excluding hydrogens is 448 g/mol. The highest BCUT2D eigenvalue weighted by molar-refractivity contribution is 7.80. The van der Waals surface area contributed by atoms with Crippen molar-refractivity contribution in [3.8, 4) is 17.2 Å². The quantitative estimate of drug-likeness (QED) is 0.466. The SMILES string of the molecule is COc1ccccc1C(=O)N1C(=S)N(c2cccc(C)c2)[C@@]2(C)C[C@H]1c1cccc(OC)c1O2. The van der Waals surface area contributed by atoms with Crippen LogP contribution in [0.3, 0.4) is 0 Å². The number of carbonyl (C=O) groups is 1. The number of thiocarbonyl (C=S) groups is 1. The van der Waals surface area contributed by atoms with Crippen molar-refractivity contribution in [3.63, 3.8) is 0 Å². The minimum Gasteiger partial charge on any atom is -0.496 e. The predicted molar refractivity (Wildman–Crippen MR) is 135 cm³/mol. The molecule has 1 saturated heterocycles. The molecule has 0 aromatic heterocycles. The molecule has 5 rings (SSSR count). The minimum absolute atomic E-state index is 0.220. The summed E-state index contributed by atoms with van der Waals surface area (Å²) < 4.78 is 17.7. The maximum absolute atomic E-state index is 14.1. The average molecular weight is 475 g/mol. The molecule has 7 heteroatoms. The molecule has 1 fully saturated rings. The molecular formula is C27H26N2O4S. The van der Waals surface area contributed by atoms with Crippen molar-refractivity contribution in [2.45, 2.75) is 32.0 Å². The third-order valence-corrected chi connectivity index (χ3v) is 6.86. The lowest BCUT2D eigenvalue weighted by Gasteiger charge is -2.55. The zero-order valence-corrected chi connectivity index (χ0v) is 20.4. The van der Waals surface area contributed by atoms with Crippen LogP contribution in [0.4, 0.5) is 5.69 Å². The molecule has 6 nitrogen and oxygen atoms in total. The molecule has 0 unspecified atom stereocenters. The van der Waals surface area contributed by atoms with Crippen LogP contribution in [-0.2, 0) is 0 Å². The summed E-state index contributed by atoms with van der Waals surface area (Å²) in [5, 5.41) is 0.383. The summed E-state index contributed by atoms with van der Waals surface area (Å²) in [6, 6.07) is 20.7. The van der Waals surface area contributed by atoms with Gasteiger partial charge < -0.3 is 14.2 Å². The molecule has 0 N–H and O–H groups in total. The third kappa shape index (κ3) is 3.39. The Bertz CT molecular complexity index is 1290. The maximum atomic E-state index is 14.1. The lowest BCUT2D eigenvalue weighted by molar-refractivity contribution is 0.0161. The molecule has 0 spiro atoms. The number of carbonyl (C=O) groups excluding carboxylic acids is 1. The van der Waals surface area contributed by atoms with Gasteiger partial charge in [-0.25, -0.2) is 0 Å². The van der Waals surface area contributed by atoms with Crippen molar-refractivity contribution in [1.82, 2.24) is 4.90 Å². The Hall–Kier alpha value is -3.58. The van der Waals surface area contributed by atoms with Gasteiger partial charge in [0.05, 0.1) is 25.8 Å². The van der Waals surface area contributed by atoms with E-state index >= 15 is 0 Å². The molecule has 3 aromatic carbocycles. The van der Waals surface area contributed by atoms with Crippen LogP contribution in [0.1, 0.15) is 40.9 Å². The molecule has 2 aliphatic heterocycles. The molecule has 174 valence electrons. The van der Waals surface area contributed by atoms with Gasteiger partial charge in [-0.15, -0.1) is 0 Å². The van der Waals surface area contributed by atoms with E-state index in [0.29, 0.717) is 34.3 Å². The molecule has 0 saturated carbocycles. The number of methoxy groups -OCH3 is 2. The number of anilines is 1. The highest BCUT2D eigenvalue weighted by Crippen LogP contribution is 2.52. The minimum atomic E-state index is -0.811. The Morgan fingerprint density at radius 2 is 1.74 bits per heavy atom. The first-order valence-corrected chi connectivity index (χ1v) is 11.5. The lowest BCUT2D eigenvalue weighted by atomic mass is 9.88. The van der Waals surface area contributed by atoms with Gasteiger partial charge >= 0.3 is 0 Å². The van der Waals surface area contributed by atoms with Crippen molar-refractivity contribution in [1.29, 1.82) is 0 Å². The van der Waals surface area contributed by atoms with Gasteiger partial charge in [0.25, 0.3) is 5.91 Å². The van der Waals surface area contributed by atoms with Crippen LogP contribution in [0.25, 0.3) is 0 Å². The van der Waals surface area contributed by atoms with E-state index in [4.69, 9.17) is 26.4 Å². The average Bonchev–Trinajstić information content (AvgIpc) is 2.83. The number of hydrogen-bond acceptors (Lipinski definition) is 5. The van der Waals surface area contributed by atoms with Crippen molar-refractivity contribution in [2.24, 2.45) is 0 Å². The fraction of sp³-hybridized carbons (Fsp3) is 0.259. The van der Waals surface area contributed by atoms with Gasteiger partial charge in [0.2, 0.25) is 0 Å². The summed E-state index contributed by atoms with van der Waals surface area (Å²) >= 11 is 6.03. The first-order valence-electron chi connectivity index (χ1n) is 11.1. The zero-order chi connectivity index (χ0) is 24.0. The van der Waals surface area contributed by atoms with Crippen LogP contribution >= 0.6 is 12.2 Å². The lowest BCUT2D eigenvalue weighted by Crippen LogP contribution is -2.67. The summed E-state index contributed by atoms with van der Waals surface area (Å²) in [6.07, 6.45) is 0.530. The molecule has 0 radical (unpaired) electrons. The standard InChI is InChI=1S/C27H26N2O4S/c1-17-9-7-10-18(15-17)29-26(34)28(25(30)20-11-5-6-13-22(20)31-3)21-16-27(29,2)33-24-19(21)12-8-14-23(24)32-4/h5-15,21H,16H2,1-4H3/t21-,27+/m0/s1. The summed E-state index contributed by atoms with van der Waals surface area (Å²) in [7, 11) is 3.18. The fourth-order valence-electron chi connectivity index (χ4n) is 4.94. The summed E-state index contributed by atoms with van der Waals surface area (Å²) in [6.45, 7) is 4.04. The van der Waals surface area contributed by atoms with Gasteiger partial charge in [-0.3, -0.25) is 14.6 Å². The number of fused-ring (bicyclic) bond motifs is 4. The maximum Gasteiger partial charge on any atom is 0.264 e. The Morgan fingerprint density at radius 3 is 2.47 bits per heavy atom. The predicted octanol–water partition coefficient (Wildman–Crippen LogP) is 5.50.